The number of amides is 3. The van der Waals surface area contributed by atoms with Crippen LogP contribution in [0.3, 0.4) is 0 Å². The van der Waals surface area contributed by atoms with E-state index in [-0.39, 0.29) is 48.3 Å². The largest absolute Gasteiger partial charge is 0.497 e. The van der Waals surface area contributed by atoms with Gasteiger partial charge in [-0.2, -0.15) is 5.10 Å². The predicted octanol–water partition coefficient (Wildman–Crippen LogP) is 8.82. The fraction of sp³-hybridized carbons (Fsp3) is 0.396. The quantitative estimate of drug-likeness (QED) is 0.106. The van der Waals surface area contributed by atoms with Crippen LogP contribution in [-0.4, -0.2) is 73.9 Å². The van der Waals surface area contributed by atoms with Crippen LogP contribution in [0.1, 0.15) is 82.1 Å². The Kier molecular flexibility index (Phi) is 13.0. The van der Waals surface area contributed by atoms with Crippen molar-refractivity contribution in [3.05, 3.63) is 143 Å². The lowest BCUT2D eigenvalue weighted by Gasteiger charge is -2.39. The van der Waals surface area contributed by atoms with E-state index < -0.39 is 19.8 Å². The second-order valence-corrected chi connectivity index (χ2v) is 23.5. The van der Waals surface area contributed by atoms with Gasteiger partial charge in [-0.1, -0.05) is 115 Å². The summed E-state index contributed by atoms with van der Waals surface area (Å²) in [5, 5.41) is 18.2. The van der Waals surface area contributed by atoms with E-state index in [0.29, 0.717) is 43.6 Å². The summed E-state index contributed by atoms with van der Waals surface area (Å²) in [7, 11) is -0.958. The van der Waals surface area contributed by atoms with E-state index in [9.17, 15) is 14.7 Å². The van der Waals surface area contributed by atoms with Gasteiger partial charge < -0.3 is 24.4 Å². The zero-order chi connectivity index (χ0) is 45.3. The molecule has 64 heavy (non-hydrogen) atoms. The van der Waals surface area contributed by atoms with Gasteiger partial charge in [-0.15, -0.1) is 0 Å². The molecule has 1 fully saturated rings. The van der Waals surface area contributed by atoms with Crippen molar-refractivity contribution >= 4 is 48.1 Å². The molecule has 4 aromatic rings. The van der Waals surface area contributed by atoms with Gasteiger partial charge in [-0.25, -0.2) is 5.01 Å². The smallest absolute Gasteiger partial charge is 0.264 e. The molecule has 334 valence electrons. The van der Waals surface area contributed by atoms with Crippen molar-refractivity contribution in [1.29, 1.82) is 0 Å². The monoisotopic (exact) mass is 878 g/mol. The van der Waals surface area contributed by atoms with Gasteiger partial charge in [0.2, 0.25) is 11.8 Å². The average molecular weight is 879 g/mol. The van der Waals surface area contributed by atoms with Crippen LogP contribution in [0, 0.1) is 5.92 Å². The zero-order valence-corrected chi connectivity index (χ0v) is 39.3. The minimum atomic E-state index is -2.61. The van der Waals surface area contributed by atoms with Crippen LogP contribution in [0.2, 0.25) is 18.6 Å². The van der Waals surface area contributed by atoms with Crippen LogP contribution in [-0.2, 0) is 37.7 Å². The number of benzene rings is 4. The highest BCUT2D eigenvalue weighted by Crippen LogP contribution is 2.60. The van der Waals surface area contributed by atoms with Crippen LogP contribution in [0.25, 0.3) is 0 Å². The molecule has 3 amide bonds. The molecule has 0 radical (unpaired) electrons. The third-order valence-corrected chi connectivity index (χ3v) is 18.5. The van der Waals surface area contributed by atoms with Crippen molar-refractivity contribution in [3.63, 3.8) is 0 Å². The van der Waals surface area contributed by atoms with Crippen LogP contribution in [0.5, 0.6) is 5.75 Å². The molecule has 1 spiro atoms. The maximum atomic E-state index is 15.7. The van der Waals surface area contributed by atoms with Gasteiger partial charge in [0.15, 0.2) is 5.60 Å². The van der Waals surface area contributed by atoms with Crippen molar-refractivity contribution in [2.24, 2.45) is 11.0 Å². The van der Waals surface area contributed by atoms with E-state index in [1.807, 2.05) is 88.7 Å². The lowest BCUT2D eigenvalue weighted by Crippen LogP contribution is -2.52. The van der Waals surface area contributed by atoms with E-state index in [0.717, 1.165) is 51.9 Å². The van der Waals surface area contributed by atoms with Gasteiger partial charge >= 0.3 is 0 Å². The molecular formula is C53H62N4O6Si. The van der Waals surface area contributed by atoms with E-state index in [4.69, 9.17) is 14.6 Å². The molecule has 8 rings (SSSR count). The molecule has 1 saturated heterocycles. The second kappa shape index (κ2) is 18.5. The van der Waals surface area contributed by atoms with Gasteiger partial charge in [0.1, 0.15) is 5.75 Å². The number of rotatable bonds is 13. The highest BCUT2D eigenvalue weighted by molar-refractivity contribution is 6.91. The molecule has 0 unspecified atom stereocenters. The van der Waals surface area contributed by atoms with E-state index in [1.54, 1.807) is 7.11 Å². The number of carbonyl (C=O) groups excluding carboxylic acids is 3. The van der Waals surface area contributed by atoms with E-state index >= 15 is 4.79 Å². The minimum absolute atomic E-state index is 0.0447. The normalized spacial score (nSPS) is 23.3. The molecular weight excluding hydrogens is 817 g/mol. The molecule has 11 heteroatoms. The zero-order valence-electron chi connectivity index (χ0n) is 38.3. The number of allylic oxidation sites excluding steroid dienone is 3. The molecule has 4 aromatic carbocycles. The number of hydrazone groups is 1. The van der Waals surface area contributed by atoms with E-state index in [2.05, 4.69) is 71.1 Å². The van der Waals surface area contributed by atoms with Gasteiger partial charge in [-0.3, -0.25) is 14.4 Å². The minimum Gasteiger partial charge on any atom is -0.497 e. The molecule has 4 aliphatic heterocycles. The van der Waals surface area contributed by atoms with Crippen molar-refractivity contribution in [2.45, 2.75) is 109 Å². The third kappa shape index (κ3) is 8.41. The first-order valence-corrected chi connectivity index (χ1v) is 25.8. The predicted molar refractivity (Wildman–Crippen MR) is 257 cm³/mol. The first-order valence-electron chi connectivity index (χ1n) is 22.8. The molecule has 1 N–H and O–H groups in total. The standard InChI is InChI=1S/C53H62N4O6Si/c1-35(2)14-13-15-36(3)28-29-55-47-26-20-41(57-49(59)27-25-46(54-57)38-16-9-8-10-17-38)31-45(47)53(52(55)61)37(4)51(64(6,7)44-23-21-43(62-5)22-24-44)48(63-53)32-50(60)56-33-40-19-12-11-18-39(40)30-42(56)34-58/h8-12,14,16-24,26,28,31,37,42,48,51,58H,13,15,25,27,29-30,32-34H2,1-7H3/b36-28+/t37-,42+,48+,51-,53+/m1/s1. The molecule has 10 nitrogen and oxygen atoms in total. The number of aliphatic hydroxyl groups is 1. The number of aliphatic hydroxyl groups excluding tert-OH is 1. The molecule has 0 aliphatic carbocycles. The van der Waals surface area contributed by atoms with Crippen LogP contribution >= 0.6 is 0 Å². The number of methoxy groups -OCH3 is 1. The highest BCUT2D eigenvalue weighted by atomic mass is 28.3. The van der Waals surface area contributed by atoms with Gasteiger partial charge in [0, 0.05) is 37.4 Å². The average Bonchev–Trinajstić information content (AvgIpc) is 3.73. The summed E-state index contributed by atoms with van der Waals surface area (Å²) < 4.78 is 13.0. The SMILES string of the molecule is COc1ccc([Si](C)(C)[C@H]2[C@H](CC(=O)N3Cc4ccccc4C[C@H]3CO)O[C@@]3(C(=O)N(C/C=C(\C)CCC=C(C)C)c4ccc(N5N=C(c6ccccc6)CCC5=O)cc43)[C@@H]2C)cc1. The molecule has 4 heterocycles. The summed E-state index contributed by atoms with van der Waals surface area (Å²) in [5.74, 6) is -0.0233. The highest BCUT2D eigenvalue weighted by Gasteiger charge is 2.66. The van der Waals surface area contributed by atoms with Gasteiger partial charge in [0.05, 0.1) is 57.4 Å². The molecule has 0 aromatic heterocycles. The van der Waals surface area contributed by atoms with Gasteiger partial charge in [0.25, 0.3) is 5.91 Å². The molecule has 0 bridgehead atoms. The summed E-state index contributed by atoms with van der Waals surface area (Å²) in [4.78, 5) is 47.9. The maximum absolute atomic E-state index is 15.7. The number of ether oxygens (including phenoxy) is 2. The molecule has 5 atom stereocenters. The Morgan fingerprint density at radius 3 is 2.36 bits per heavy atom. The Labute approximate surface area is 379 Å². The Hall–Kier alpha value is -5.62. The summed E-state index contributed by atoms with van der Waals surface area (Å²) >= 11 is 0. The fourth-order valence-corrected chi connectivity index (χ4v) is 14.7. The Morgan fingerprint density at radius 1 is 0.938 bits per heavy atom. The summed E-state index contributed by atoms with van der Waals surface area (Å²) in [6, 6.07) is 31.6. The van der Waals surface area contributed by atoms with Crippen LogP contribution in [0.4, 0.5) is 11.4 Å². The number of anilines is 2. The Bertz CT molecular complexity index is 2500. The third-order valence-electron chi connectivity index (χ3n) is 14.2. The van der Waals surface area contributed by atoms with Crippen molar-refractivity contribution in [2.75, 3.05) is 30.2 Å². The maximum Gasteiger partial charge on any atom is 0.264 e. The summed E-state index contributed by atoms with van der Waals surface area (Å²) in [6.45, 7) is 13.6. The Morgan fingerprint density at radius 2 is 1.66 bits per heavy atom. The molecule has 4 aliphatic rings. The van der Waals surface area contributed by atoms with Gasteiger partial charge in [-0.05, 0) is 92.6 Å². The molecule has 0 saturated carbocycles. The second-order valence-electron chi connectivity index (χ2n) is 18.8. The van der Waals surface area contributed by atoms with Crippen molar-refractivity contribution in [3.8, 4) is 5.75 Å². The van der Waals surface area contributed by atoms with Crippen molar-refractivity contribution < 1.29 is 29.0 Å². The number of nitrogens with zero attached hydrogens (tertiary/aromatic N) is 4. The summed E-state index contributed by atoms with van der Waals surface area (Å²) in [5.41, 5.74) is 6.76. The number of hydrogen-bond donors (Lipinski definition) is 1. The topological polar surface area (TPSA) is 112 Å². The number of fused-ring (bicyclic) bond motifs is 3. The lowest BCUT2D eigenvalue weighted by atomic mass is 9.82. The van der Waals surface area contributed by atoms with Crippen LogP contribution in [0.15, 0.2) is 125 Å². The number of hydrogen-bond acceptors (Lipinski definition) is 7. The first-order chi connectivity index (χ1) is 30.8. The first kappa shape index (κ1) is 45.0. The van der Waals surface area contributed by atoms with E-state index in [1.165, 1.54) is 16.2 Å². The Balaban J connectivity index is 1.24. The number of carbonyl (C=O) groups is 3. The fourth-order valence-electron chi connectivity index (χ4n) is 10.7. The van der Waals surface area contributed by atoms with Crippen LogP contribution < -0.4 is 19.8 Å². The van der Waals surface area contributed by atoms with Crippen molar-refractivity contribution in [1.82, 2.24) is 4.90 Å². The lowest BCUT2D eigenvalue weighted by molar-refractivity contribution is -0.150. The summed E-state index contributed by atoms with van der Waals surface area (Å²) in [6.07, 6.45) is 6.96.